The summed E-state index contributed by atoms with van der Waals surface area (Å²) in [6.45, 7) is 3.57. The van der Waals surface area contributed by atoms with Crippen molar-refractivity contribution in [3.63, 3.8) is 0 Å². The molecule has 0 fully saturated rings. The van der Waals surface area contributed by atoms with Crippen LogP contribution in [0.25, 0.3) is 0 Å². The van der Waals surface area contributed by atoms with Gasteiger partial charge in [0.05, 0.1) is 12.8 Å². The lowest BCUT2D eigenvalue weighted by Gasteiger charge is -2.09. The number of benzene rings is 1. The molecular weight excluding hydrogens is 276 g/mol. The van der Waals surface area contributed by atoms with Crippen LogP contribution in [0, 0.1) is 0 Å². The van der Waals surface area contributed by atoms with Gasteiger partial charge in [-0.25, -0.2) is 13.4 Å². The Morgan fingerprint density at radius 2 is 1.85 bits per heavy atom. The highest BCUT2D eigenvalue weighted by Gasteiger charge is 2.03. The summed E-state index contributed by atoms with van der Waals surface area (Å²) in [6.07, 6.45) is 4.85. The van der Waals surface area contributed by atoms with E-state index >= 15 is 0 Å². The van der Waals surface area contributed by atoms with Crippen LogP contribution in [0.4, 0.5) is 11.4 Å². The third-order valence-corrected chi connectivity index (χ3v) is 3.39. The first kappa shape index (κ1) is 14.4. The van der Waals surface area contributed by atoms with Crippen molar-refractivity contribution in [1.82, 2.24) is 9.55 Å². The van der Waals surface area contributed by atoms with Crippen molar-refractivity contribution in [2.75, 3.05) is 16.3 Å². The van der Waals surface area contributed by atoms with E-state index in [9.17, 15) is 8.42 Å². The van der Waals surface area contributed by atoms with Crippen molar-refractivity contribution in [1.29, 1.82) is 0 Å². The van der Waals surface area contributed by atoms with Gasteiger partial charge in [-0.1, -0.05) is 0 Å². The third kappa shape index (κ3) is 3.99. The minimum Gasteiger partial charge on any atom is -0.378 e. The first-order chi connectivity index (χ1) is 9.48. The monoisotopic (exact) mass is 294 g/mol. The maximum atomic E-state index is 11.1. The summed E-state index contributed by atoms with van der Waals surface area (Å²) in [7, 11) is -3.23. The molecular formula is C13H18N4O2S. The van der Waals surface area contributed by atoms with Gasteiger partial charge < -0.3 is 9.88 Å². The van der Waals surface area contributed by atoms with E-state index in [1.54, 1.807) is 18.3 Å². The van der Waals surface area contributed by atoms with Crippen LogP contribution in [0.3, 0.4) is 0 Å². The highest BCUT2D eigenvalue weighted by molar-refractivity contribution is 7.92. The Hall–Kier alpha value is -2.02. The Morgan fingerprint density at radius 1 is 1.20 bits per heavy atom. The summed E-state index contributed by atoms with van der Waals surface area (Å²) < 4.78 is 26.7. The molecule has 0 radical (unpaired) electrons. The Bertz CT molecular complexity index is 662. The quantitative estimate of drug-likeness (QED) is 0.853. The molecule has 108 valence electrons. The largest absolute Gasteiger partial charge is 0.378 e. The molecule has 0 bridgehead atoms. The number of hydrogen-bond donors (Lipinski definition) is 2. The van der Waals surface area contributed by atoms with Crippen molar-refractivity contribution in [3.8, 4) is 0 Å². The zero-order chi connectivity index (χ0) is 14.6. The van der Waals surface area contributed by atoms with Crippen LogP contribution in [0.1, 0.15) is 12.7 Å². The number of anilines is 2. The van der Waals surface area contributed by atoms with Crippen LogP contribution in [0.2, 0.25) is 0 Å². The molecule has 0 atom stereocenters. The summed E-state index contributed by atoms with van der Waals surface area (Å²) in [5.41, 5.74) is 1.46. The van der Waals surface area contributed by atoms with Gasteiger partial charge in [0.25, 0.3) is 0 Å². The second-order valence-corrected chi connectivity index (χ2v) is 6.18. The number of hydrogen-bond acceptors (Lipinski definition) is 4. The Labute approximate surface area is 118 Å². The number of aromatic nitrogens is 2. The lowest BCUT2D eigenvalue weighted by molar-refractivity contribution is 0.607. The number of aryl methyl sites for hydroxylation is 1. The van der Waals surface area contributed by atoms with Gasteiger partial charge in [-0.05, 0) is 31.2 Å². The molecule has 2 rings (SSSR count). The lowest BCUT2D eigenvalue weighted by Crippen LogP contribution is -2.10. The highest BCUT2D eigenvalue weighted by atomic mass is 32.2. The van der Waals surface area contributed by atoms with E-state index in [1.165, 1.54) is 0 Å². The maximum Gasteiger partial charge on any atom is 0.229 e. The van der Waals surface area contributed by atoms with Gasteiger partial charge in [-0.2, -0.15) is 0 Å². The van der Waals surface area contributed by atoms with Crippen LogP contribution < -0.4 is 10.0 Å². The highest BCUT2D eigenvalue weighted by Crippen LogP contribution is 2.15. The van der Waals surface area contributed by atoms with E-state index in [0.29, 0.717) is 12.2 Å². The van der Waals surface area contributed by atoms with E-state index in [0.717, 1.165) is 24.3 Å². The van der Waals surface area contributed by atoms with Gasteiger partial charge in [0.2, 0.25) is 10.0 Å². The predicted octanol–water partition coefficient (Wildman–Crippen LogP) is 1.89. The van der Waals surface area contributed by atoms with Crippen LogP contribution in [-0.2, 0) is 23.1 Å². The van der Waals surface area contributed by atoms with E-state index < -0.39 is 10.0 Å². The molecule has 2 N–H and O–H groups in total. The smallest absolute Gasteiger partial charge is 0.229 e. The molecule has 0 saturated heterocycles. The number of nitrogens with one attached hydrogen (secondary N) is 2. The second kappa shape index (κ2) is 5.96. The van der Waals surface area contributed by atoms with Crippen molar-refractivity contribution in [2.24, 2.45) is 0 Å². The van der Waals surface area contributed by atoms with E-state index in [2.05, 4.69) is 26.5 Å². The van der Waals surface area contributed by atoms with E-state index in [4.69, 9.17) is 0 Å². The van der Waals surface area contributed by atoms with Gasteiger partial charge in [-0.3, -0.25) is 4.72 Å². The van der Waals surface area contributed by atoms with Gasteiger partial charge in [-0.15, -0.1) is 0 Å². The molecule has 1 heterocycles. The molecule has 20 heavy (non-hydrogen) atoms. The zero-order valence-corrected chi connectivity index (χ0v) is 12.3. The molecule has 0 aliphatic carbocycles. The number of imidazole rings is 1. The Balaban J connectivity index is 1.97. The van der Waals surface area contributed by atoms with Crippen molar-refractivity contribution in [3.05, 3.63) is 42.5 Å². The zero-order valence-electron chi connectivity index (χ0n) is 11.5. The minimum absolute atomic E-state index is 0.549. The normalized spacial score (nSPS) is 11.3. The number of sulfonamides is 1. The van der Waals surface area contributed by atoms with Crippen LogP contribution in [0.15, 0.2) is 36.7 Å². The van der Waals surface area contributed by atoms with Crippen molar-refractivity contribution >= 4 is 21.4 Å². The second-order valence-electron chi connectivity index (χ2n) is 4.43. The summed E-state index contributed by atoms with van der Waals surface area (Å²) >= 11 is 0. The molecule has 1 aromatic carbocycles. The summed E-state index contributed by atoms with van der Waals surface area (Å²) in [4.78, 5) is 4.28. The third-order valence-electron chi connectivity index (χ3n) is 2.78. The van der Waals surface area contributed by atoms with Gasteiger partial charge in [0.1, 0.15) is 5.82 Å². The Kier molecular flexibility index (Phi) is 4.29. The van der Waals surface area contributed by atoms with Crippen LogP contribution in [0.5, 0.6) is 0 Å². The summed E-state index contributed by atoms with van der Waals surface area (Å²) in [5, 5.41) is 3.25. The molecule has 6 nitrogen and oxygen atoms in total. The standard InChI is InChI=1S/C13H18N4O2S/c1-3-17-9-8-14-13(17)10-15-11-4-6-12(7-5-11)16-20(2,18)19/h4-9,15-16H,3,10H2,1-2H3. The molecule has 0 unspecified atom stereocenters. The Morgan fingerprint density at radius 3 is 2.45 bits per heavy atom. The fourth-order valence-corrected chi connectivity index (χ4v) is 2.41. The number of rotatable bonds is 6. The van der Waals surface area contributed by atoms with E-state index in [1.807, 2.05) is 18.3 Å². The minimum atomic E-state index is -3.23. The molecule has 1 aromatic heterocycles. The van der Waals surface area contributed by atoms with Crippen molar-refractivity contribution in [2.45, 2.75) is 20.0 Å². The summed E-state index contributed by atoms with van der Waals surface area (Å²) in [6, 6.07) is 7.09. The van der Waals surface area contributed by atoms with Crippen molar-refractivity contribution < 1.29 is 8.42 Å². The predicted molar refractivity (Wildman–Crippen MR) is 80.1 cm³/mol. The van der Waals surface area contributed by atoms with Gasteiger partial charge >= 0.3 is 0 Å². The van der Waals surface area contributed by atoms with Gasteiger partial charge in [0.15, 0.2) is 0 Å². The average molecular weight is 294 g/mol. The molecule has 7 heteroatoms. The molecule has 0 spiro atoms. The first-order valence-corrected chi connectivity index (χ1v) is 8.19. The van der Waals surface area contributed by atoms with Crippen LogP contribution >= 0.6 is 0 Å². The lowest BCUT2D eigenvalue weighted by atomic mass is 10.3. The maximum absolute atomic E-state index is 11.1. The van der Waals surface area contributed by atoms with Gasteiger partial charge in [0, 0.05) is 30.3 Å². The molecule has 0 aliphatic heterocycles. The SMILES string of the molecule is CCn1ccnc1CNc1ccc(NS(C)(=O)=O)cc1. The topological polar surface area (TPSA) is 76.0 Å². The molecule has 0 amide bonds. The number of nitrogens with zero attached hydrogens (tertiary/aromatic N) is 2. The summed E-state index contributed by atoms with van der Waals surface area (Å²) in [5.74, 6) is 0.964. The van der Waals surface area contributed by atoms with Crippen LogP contribution in [-0.4, -0.2) is 24.2 Å². The molecule has 0 saturated carbocycles. The fourth-order valence-electron chi connectivity index (χ4n) is 1.85. The van der Waals surface area contributed by atoms with E-state index in [-0.39, 0.29) is 0 Å². The molecule has 0 aliphatic rings. The fraction of sp³-hybridized carbons (Fsp3) is 0.308. The first-order valence-electron chi connectivity index (χ1n) is 6.29. The molecule has 2 aromatic rings. The average Bonchev–Trinajstić information content (AvgIpc) is 2.83.